The number of nitrogens with zero attached hydrogens (tertiary/aromatic N) is 1. The smallest absolute Gasteiger partial charge is 0.273 e. The molecule has 0 bridgehead atoms. The minimum Gasteiger partial charge on any atom is -0.364 e. The van der Waals surface area contributed by atoms with Crippen molar-refractivity contribution in [3.63, 3.8) is 0 Å². The van der Waals surface area contributed by atoms with E-state index >= 15 is 0 Å². The van der Waals surface area contributed by atoms with Crippen LogP contribution in [0.25, 0.3) is 22.2 Å². The molecule has 0 fully saturated rings. The van der Waals surface area contributed by atoms with Crippen LogP contribution in [0.4, 0.5) is 5.13 Å². The second kappa shape index (κ2) is 6.89. The predicted octanol–water partition coefficient (Wildman–Crippen LogP) is 4.27. The van der Waals surface area contributed by atoms with Crippen molar-refractivity contribution in [2.45, 2.75) is 26.2 Å². The molecule has 5 N–H and O–H groups in total. The maximum absolute atomic E-state index is 12.7. The number of aromatic amines is 2. The lowest BCUT2D eigenvalue weighted by atomic mass is 9.87. The average Bonchev–Trinajstić information content (AvgIpc) is 3.38. The first-order valence-corrected chi connectivity index (χ1v) is 9.97. The number of nitrogens with two attached hydrogens (primary N) is 1. The third-order valence-corrected chi connectivity index (χ3v) is 5.46. The van der Waals surface area contributed by atoms with E-state index in [2.05, 4.69) is 53.2 Å². The number of aromatic nitrogens is 3. The molecule has 7 nitrogen and oxygen atoms in total. The third kappa shape index (κ3) is 3.79. The number of fused-ring (bicyclic) bond motifs is 1. The summed E-state index contributed by atoms with van der Waals surface area (Å²) < 4.78 is 0. The first-order chi connectivity index (χ1) is 13.7. The Balaban J connectivity index is 1.53. The molecule has 148 valence electrons. The van der Waals surface area contributed by atoms with Gasteiger partial charge in [-0.25, -0.2) is 4.98 Å². The zero-order valence-electron chi connectivity index (χ0n) is 16.3. The van der Waals surface area contributed by atoms with E-state index in [-0.39, 0.29) is 11.3 Å². The van der Waals surface area contributed by atoms with E-state index < -0.39 is 5.91 Å². The van der Waals surface area contributed by atoms with Crippen molar-refractivity contribution in [1.82, 2.24) is 15.0 Å². The number of carbonyl (C=O) groups is 2. The van der Waals surface area contributed by atoms with E-state index in [0.29, 0.717) is 22.2 Å². The van der Waals surface area contributed by atoms with Gasteiger partial charge in [-0.1, -0.05) is 32.9 Å². The molecule has 29 heavy (non-hydrogen) atoms. The number of amides is 2. The van der Waals surface area contributed by atoms with Gasteiger partial charge < -0.3 is 15.7 Å². The van der Waals surface area contributed by atoms with Gasteiger partial charge in [0.1, 0.15) is 11.4 Å². The number of anilines is 1. The Morgan fingerprint density at radius 3 is 2.62 bits per heavy atom. The van der Waals surface area contributed by atoms with E-state index in [1.165, 1.54) is 16.9 Å². The number of thiazole rings is 1. The van der Waals surface area contributed by atoms with Crippen LogP contribution in [0.3, 0.4) is 0 Å². The second-order valence-corrected chi connectivity index (χ2v) is 8.75. The second-order valence-electron chi connectivity index (χ2n) is 7.89. The highest BCUT2D eigenvalue weighted by atomic mass is 32.1. The Morgan fingerprint density at radius 2 is 1.93 bits per heavy atom. The van der Waals surface area contributed by atoms with E-state index in [4.69, 9.17) is 5.73 Å². The lowest BCUT2D eigenvalue weighted by Gasteiger charge is -2.18. The van der Waals surface area contributed by atoms with Gasteiger partial charge in [0.2, 0.25) is 0 Å². The molecule has 2 amide bonds. The molecule has 4 rings (SSSR count). The standard InChI is InChI=1S/C21H21N5O2S/c1-21(2,3)13-5-4-11-6-16(24-14(11)8-13)19(28)26-20-25-17(10-29-20)12-7-15(18(22)27)23-9-12/h4-10,23-24H,1-3H3,(H2,22,27)(H,25,26,28). The molecule has 4 aromatic rings. The van der Waals surface area contributed by atoms with Crippen LogP contribution in [0, 0.1) is 0 Å². The Hall–Kier alpha value is -3.39. The van der Waals surface area contributed by atoms with Gasteiger partial charge >= 0.3 is 0 Å². The highest BCUT2D eigenvalue weighted by molar-refractivity contribution is 7.14. The lowest BCUT2D eigenvalue weighted by Crippen LogP contribution is -2.12. The van der Waals surface area contributed by atoms with Crippen molar-refractivity contribution in [3.8, 4) is 11.3 Å². The number of nitrogens with one attached hydrogen (secondary N) is 3. The molecule has 3 aromatic heterocycles. The summed E-state index contributed by atoms with van der Waals surface area (Å²) in [5.74, 6) is -0.792. The van der Waals surface area contributed by atoms with Crippen LogP contribution >= 0.6 is 11.3 Å². The van der Waals surface area contributed by atoms with Crippen LogP contribution in [0.15, 0.2) is 41.9 Å². The van der Waals surface area contributed by atoms with Gasteiger partial charge in [0.05, 0.1) is 5.69 Å². The Morgan fingerprint density at radius 1 is 1.14 bits per heavy atom. The summed E-state index contributed by atoms with van der Waals surface area (Å²) in [6, 6.07) is 9.65. The summed E-state index contributed by atoms with van der Waals surface area (Å²) >= 11 is 1.31. The molecular formula is C21H21N5O2S. The summed E-state index contributed by atoms with van der Waals surface area (Å²) in [4.78, 5) is 34.3. The SMILES string of the molecule is CC(C)(C)c1ccc2cc(C(=O)Nc3nc(-c4c[nH]c(C(N)=O)c4)cs3)[nH]c2c1. The van der Waals surface area contributed by atoms with Crippen LogP contribution in [-0.2, 0) is 5.41 Å². The molecule has 1 aromatic carbocycles. The lowest BCUT2D eigenvalue weighted by molar-refractivity contribution is 0.0993. The van der Waals surface area contributed by atoms with E-state index in [0.717, 1.165) is 16.5 Å². The maximum atomic E-state index is 12.7. The molecule has 0 aliphatic heterocycles. The Kier molecular flexibility index (Phi) is 4.50. The number of rotatable bonds is 4. The summed E-state index contributed by atoms with van der Waals surface area (Å²) in [7, 11) is 0. The van der Waals surface area contributed by atoms with Gasteiger partial charge in [0.15, 0.2) is 5.13 Å². The topological polar surface area (TPSA) is 117 Å². The van der Waals surface area contributed by atoms with E-state index in [1.807, 2.05) is 17.5 Å². The molecular weight excluding hydrogens is 386 g/mol. The molecule has 0 radical (unpaired) electrons. The average molecular weight is 407 g/mol. The van der Waals surface area contributed by atoms with E-state index in [1.54, 1.807) is 12.3 Å². The summed E-state index contributed by atoms with van der Waals surface area (Å²) in [6.45, 7) is 6.46. The zero-order chi connectivity index (χ0) is 20.8. The van der Waals surface area contributed by atoms with Gasteiger partial charge in [-0.15, -0.1) is 11.3 Å². The first-order valence-electron chi connectivity index (χ1n) is 9.09. The minimum absolute atomic E-state index is 0.0334. The van der Waals surface area contributed by atoms with Crippen LogP contribution in [0.1, 0.15) is 47.3 Å². The monoisotopic (exact) mass is 407 g/mol. The van der Waals surface area contributed by atoms with Gasteiger partial charge in [-0.2, -0.15) is 0 Å². The third-order valence-electron chi connectivity index (χ3n) is 4.70. The number of hydrogen-bond acceptors (Lipinski definition) is 4. The van der Waals surface area contributed by atoms with Crippen molar-refractivity contribution >= 4 is 39.2 Å². The molecule has 0 saturated heterocycles. The van der Waals surface area contributed by atoms with Gasteiger partial charge in [-0.3, -0.25) is 14.9 Å². The Bertz CT molecular complexity index is 1230. The number of primary amides is 1. The molecule has 3 heterocycles. The molecule has 0 aliphatic carbocycles. The number of benzene rings is 1. The van der Waals surface area contributed by atoms with Crippen molar-refractivity contribution in [2.24, 2.45) is 5.73 Å². The maximum Gasteiger partial charge on any atom is 0.273 e. The van der Waals surface area contributed by atoms with Crippen molar-refractivity contribution in [2.75, 3.05) is 5.32 Å². The Labute approximate surface area is 171 Å². The number of hydrogen-bond donors (Lipinski definition) is 4. The molecule has 0 unspecified atom stereocenters. The molecule has 0 aliphatic rings. The van der Waals surface area contributed by atoms with Gasteiger partial charge in [0, 0.05) is 28.0 Å². The number of H-pyrrole nitrogens is 2. The van der Waals surface area contributed by atoms with Gasteiger partial charge in [-0.05, 0) is 29.2 Å². The van der Waals surface area contributed by atoms with Gasteiger partial charge in [0.25, 0.3) is 11.8 Å². The molecule has 0 saturated carbocycles. The minimum atomic E-state index is -0.534. The normalized spacial score (nSPS) is 11.7. The fourth-order valence-corrected chi connectivity index (χ4v) is 3.74. The predicted molar refractivity (Wildman–Crippen MR) is 115 cm³/mol. The zero-order valence-corrected chi connectivity index (χ0v) is 17.1. The van der Waals surface area contributed by atoms with Crippen LogP contribution in [0.5, 0.6) is 0 Å². The van der Waals surface area contributed by atoms with Crippen molar-refractivity contribution in [3.05, 3.63) is 58.9 Å². The molecule has 0 atom stereocenters. The summed E-state index contributed by atoms with van der Waals surface area (Å²) in [6.07, 6.45) is 1.66. The highest BCUT2D eigenvalue weighted by Gasteiger charge is 2.17. The van der Waals surface area contributed by atoms with Crippen molar-refractivity contribution in [1.29, 1.82) is 0 Å². The molecule has 8 heteroatoms. The largest absolute Gasteiger partial charge is 0.364 e. The fraction of sp³-hybridized carbons (Fsp3) is 0.190. The summed E-state index contributed by atoms with van der Waals surface area (Å²) in [5.41, 5.74) is 9.58. The first kappa shape index (κ1) is 18.9. The van der Waals surface area contributed by atoms with Crippen LogP contribution in [-0.4, -0.2) is 26.8 Å². The van der Waals surface area contributed by atoms with Crippen molar-refractivity contribution < 1.29 is 9.59 Å². The summed E-state index contributed by atoms with van der Waals surface area (Å²) in [5, 5.41) is 6.08. The van der Waals surface area contributed by atoms with E-state index in [9.17, 15) is 9.59 Å². The van der Waals surface area contributed by atoms with Crippen LogP contribution in [0.2, 0.25) is 0 Å². The quantitative estimate of drug-likeness (QED) is 0.405. The highest BCUT2D eigenvalue weighted by Crippen LogP contribution is 2.28. The molecule has 0 spiro atoms. The van der Waals surface area contributed by atoms with Crippen LogP contribution < -0.4 is 11.1 Å². The number of carbonyl (C=O) groups excluding carboxylic acids is 2. The fourth-order valence-electron chi connectivity index (χ4n) is 3.03.